The monoisotopic (exact) mass is 416 g/mol. The van der Waals surface area contributed by atoms with Gasteiger partial charge in [-0.25, -0.2) is 4.79 Å². The van der Waals surface area contributed by atoms with Gasteiger partial charge in [0.05, 0.1) is 6.61 Å². The van der Waals surface area contributed by atoms with Crippen LogP contribution < -0.4 is 0 Å². The van der Waals surface area contributed by atoms with E-state index in [0.717, 1.165) is 38.9 Å². The second-order valence-electron chi connectivity index (χ2n) is 8.65. The van der Waals surface area contributed by atoms with E-state index >= 15 is 0 Å². The van der Waals surface area contributed by atoms with Crippen molar-refractivity contribution < 1.29 is 19.4 Å². The van der Waals surface area contributed by atoms with Crippen molar-refractivity contribution in [1.82, 2.24) is 9.80 Å². The van der Waals surface area contributed by atoms with Crippen LogP contribution in [0.1, 0.15) is 70.3 Å². The lowest BCUT2D eigenvalue weighted by Crippen LogP contribution is -2.58. The summed E-state index contributed by atoms with van der Waals surface area (Å²) < 4.78 is 6.04. The summed E-state index contributed by atoms with van der Waals surface area (Å²) in [6.07, 6.45) is 8.35. The Morgan fingerprint density at radius 1 is 1.07 bits per heavy atom. The molecule has 0 bridgehead atoms. The molecule has 0 aromatic heterocycles. The number of aliphatic carboxylic acids is 1. The van der Waals surface area contributed by atoms with Gasteiger partial charge in [0, 0.05) is 38.9 Å². The highest BCUT2D eigenvalue weighted by Crippen LogP contribution is 2.38. The third-order valence-electron chi connectivity index (χ3n) is 6.44. The van der Waals surface area contributed by atoms with Crippen LogP contribution in [-0.4, -0.2) is 58.2 Å². The number of carboxylic acids is 1. The molecule has 6 nitrogen and oxygen atoms in total. The zero-order valence-electron chi connectivity index (χ0n) is 18.2. The highest BCUT2D eigenvalue weighted by molar-refractivity contribution is 5.85. The van der Waals surface area contributed by atoms with Gasteiger partial charge in [-0.2, -0.15) is 0 Å². The van der Waals surface area contributed by atoms with E-state index in [1.54, 1.807) is 4.90 Å². The molecule has 1 atom stereocenters. The first-order chi connectivity index (χ1) is 14.6. The molecule has 1 unspecified atom stereocenters. The van der Waals surface area contributed by atoms with Gasteiger partial charge < -0.3 is 9.84 Å². The Kier molecular flexibility index (Phi) is 8.28. The van der Waals surface area contributed by atoms with E-state index in [9.17, 15) is 14.7 Å². The minimum absolute atomic E-state index is 0.0631. The van der Waals surface area contributed by atoms with E-state index in [2.05, 4.69) is 24.0 Å². The Hall–Kier alpha value is -1.92. The van der Waals surface area contributed by atoms with E-state index in [1.165, 1.54) is 24.8 Å². The van der Waals surface area contributed by atoms with Crippen molar-refractivity contribution in [1.29, 1.82) is 0 Å². The summed E-state index contributed by atoms with van der Waals surface area (Å²) >= 11 is 0. The van der Waals surface area contributed by atoms with Gasteiger partial charge in [0.25, 0.3) is 0 Å². The third-order valence-corrected chi connectivity index (χ3v) is 6.44. The summed E-state index contributed by atoms with van der Waals surface area (Å²) in [4.78, 5) is 28.8. The molecule has 0 aliphatic carbocycles. The minimum atomic E-state index is -0.963. The van der Waals surface area contributed by atoms with Crippen molar-refractivity contribution >= 4 is 11.9 Å². The van der Waals surface area contributed by atoms with Gasteiger partial charge in [-0.05, 0) is 12.0 Å². The van der Waals surface area contributed by atoms with E-state index in [-0.39, 0.29) is 12.5 Å². The Morgan fingerprint density at radius 3 is 2.40 bits per heavy atom. The molecule has 166 valence electrons. The number of amides is 1. The van der Waals surface area contributed by atoms with Gasteiger partial charge in [0.15, 0.2) is 6.04 Å². The topological polar surface area (TPSA) is 70.1 Å². The van der Waals surface area contributed by atoms with Crippen molar-refractivity contribution in [3.05, 3.63) is 35.9 Å². The molecular weight excluding hydrogens is 380 g/mol. The van der Waals surface area contributed by atoms with Crippen LogP contribution in [-0.2, 0) is 20.9 Å². The van der Waals surface area contributed by atoms with Gasteiger partial charge >= 0.3 is 5.97 Å². The smallest absolute Gasteiger partial charge is 0.328 e. The number of ether oxygens (including phenoxy) is 1. The third kappa shape index (κ3) is 5.61. The average molecular weight is 417 g/mol. The molecule has 2 saturated heterocycles. The normalized spacial score (nSPS) is 21.2. The Labute approximate surface area is 180 Å². The van der Waals surface area contributed by atoms with Crippen LogP contribution in [0.25, 0.3) is 0 Å². The molecule has 0 radical (unpaired) electrons. The zero-order chi connectivity index (χ0) is 21.4. The van der Waals surface area contributed by atoms with Crippen LogP contribution in [0.3, 0.4) is 0 Å². The average Bonchev–Trinajstić information content (AvgIpc) is 3.12. The van der Waals surface area contributed by atoms with Crippen LogP contribution in [0.15, 0.2) is 30.3 Å². The lowest BCUT2D eigenvalue weighted by molar-refractivity contribution is -0.166. The van der Waals surface area contributed by atoms with Crippen molar-refractivity contribution in [3.63, 3.8) is 0 Å². The van der Waals surface area contributed by atoms with Gasteiger partial charge in [-0.1, -0.05) is 69.4 Å². The van der Waals surface area contributed by atoms with E-state index in [4.69, 9.17) is 4.74 Å². The van der Waals surface area contributed by atoms with Crippen molar-refractivity contribution in [2.75, 3.05) is 19.7 Å². The largest absolute Gasteiger partial charge is 0.480 e. The van der Waals surface area contributed by atoms with E-state index < -0.39 is 17.7 Å². The number of hydrogen-bond donors (Lipinski definition) is 1. The summed E-state index contributed by atoms with van der Waals surface area (Å²) in [5, 5.41) is 9.68. The van der Waals surface area contributed by atoms with Crippen molar-refractivity contribution in [2.24, 2.45) is 0 Å². The lowest BCUT2D eigenvalue weighted by atomic mass is 9.96. The Morgan fingerprint density at radius 2 is 1.73 bits per heavy atom. The number of hydrogen-bond acceptors (Lipinski definition) is 4. The molecule has 6 heteroatoms. The number of unbranched alkanes of at least 4 members (excludes halogenated alkanes) is 5. The maximum absolute atomic E-state index is 13.1. The van der Waals surface area contributed by atoms with Gasteiger partial charge in [0.2, 0.25) is 5.91 Å². The fraction of sp³-hybridized carbons (Fsp3) is 0.667. The first kappa shape index (κ1) is 22.8. The predicted molar refractivity (Wildman–Crippen MR) is 116 cm³/mol. The van der Waals surface area contributed by atoms with Gasteiger partial charge in [-0.15, -0.1) is 0 Å². The number of carbonyl (C=O) groups is 2. The number of carbonyl (C=O) groups excluding carboxylic acids is 1. The maximum atomic E-state index is 13.1. The molecule has 2 aliphatic heterocycles. The number of rotatable bonds is 10. The van der Waals surface area contributed by atoms with Crippen LogP contribution in [0.4, 0.5) is 0 Å². The molecule has 2 aliphatic rings. The zero-order valence-corrected chi connectivity index (χ0v) is 18.2. The molecule has 30 heavy (non-hydrogen) atoms. The number of carboxylic acid groups (broad SMARTS) is 1. The molecule has 3 rings (SSSR count). The summed E-state index contributed by atoms with van der Waals surface area (Å²) in [6.45, 7) is 4.73. The maximum Gasteiger partial charge on any atom is 0.328 e. The first-order valence-corrected chi connectivity index (χ1v) is 11.5. The Bertz CT molecular complexity index is 686. The van der Waals surface area contributed by atoms with Gasteiger partial charge in [0.1, 0.15) is 5.72 Å². The standard InChI is InChI=1S/C24H36N2O4/c1-2-3-4-5-6-10-13-22(27)26-21(23(28)29)19-30-24(26)14-16-25(17-15-24)18-20-11-8-7-9-12-20/h7-9,11-12,21H,2-6,10,13-19H2,1H3,(H,28,29). The molecule has 1 amide bonds. The summed E-state index contributed by atoms with van der Waals surface area (Å²) in [5.74, 6) is -1.03. The van der Waals surface area contributed by atoms with Crippen molar-refractivity contribution in [3.8, 4) is 0 Å². The highest BCUT2D eigenvalue weighted by Gasteiger charge is 2.53. The number of benzene rings is 1. The van der Waals surface area contributed by atoms with E-state index in [0.29, 0.717) is 19.3 Å². The predicted octanol–water partition coefficient (Wildman–Crippen LogP) is 4.04. The Balaban J connectivity index is 1.57. The number of piperidine rings is 1. The second kappa shape index (κ2) is 10.9. The summed E-state index contributed by atoms with van der Waals surface area (Å²) in [6, 6.07) is 9.47. The molecule has 1 aromatic rings. The van der Waals surface area contributed by atoms with Gasteiger partial charge in [-0.3, -0.25) is 14.6 Å². The number of likely N-dealkylation sites (tertiary alicyclic amines) is 1. The summed E-state index contributed by atoms with van der Waals surface area (Å²) in [5.41, 5.74) is 0.510. The SMILES string of the molecule is CCCCCCCCC(=O)N1C(C(=O)O)COC12CCN(Cc1ccccc1)CC2. The lowest BCUT2D eigenvalue weighted by Gasteiger charge is -2.44. The highest BCUT2D eigenvalue weighted by atomic mass is 16.5. The second-order valence-corrected chi connectivity index (χ2v) is 8.65. The summed E-state index contributed by atoms with van der Waals surface area (Å²) in [7, 11) is 0. The van der Waals surface area contributed by atoms with Crippen LogP contribution in [0.2, 0.25) is 0 Å². The van der Waals surface area contributed by atoms with Crippen LogP contribution >= 0.6 is 0 Å². The molecule has 0 saturated carbocycles. The van der Waals surface area contributed by atoms with E-state index in [1.807, 2.05) is 18.2 Å². The quantitative estimate of drug-likeness (QED) is 0.583. The molecule has 1 aromatic carbocycles. The minimum Gasteiger partial charge on any atom is -0.480 e. The molecule has 1 spiro atoms. The van der Waals surface area contributed by atoms with Crippen LogP contribution in [0, 0.1) is 0 Å². The van der Waals surface area contributed by atoms with Crippen LogP contribution in [0.5, 0.6) is 0 Å². The van der Waals surface area contributed by atoms with Crippen molar-refractivity contribution in [2.45, 2.75) is 83.0 Å². The fourth-order valence-electron chi connectivity index (χ4n) is 4.71. The molecule has 2 heterocycles. The molecular formula is C24H36N2O4. The molecule has 1 N–H and O–H groups in total. The molecule has 2 fully saturated rings. The number of nitrogens with zero attached hydrogens (tertiary/aromatic N) is 2. The first-order valence-electron chi connectivity index (χ1n) is 11.5. The fourth-order valence-corrected chi connectivity index (χ4v) is 4.71.